The minimum Gasteiger partial charge on any atom is -0.390 e. The Morgan fingerprint density at radius 3 is 2.31 bits per heavy atom. The molecule has 13 heavy (non-hydrogen) atoms. The molecule has 0 saturated carbocycles. The van der Waals surface area contributed by atoms with E-state index in [-0.39, 0.29) is 12.1 Å². The van der Waals surface area contributed by atoms with E-state index < -0.39 is 0 Å². The predicted molar refractivity (Wildman–Crippen MR) is 51.9 cm³/mol. The summed E-state index contributed by atoms with van der Waals surface area (Å²) in [4.78, 5) is 1.94. The van der Waals surface area contributed by atoms with Crippen LogP contribution in [0, 0.1) is 24.7 Å². The molecule has 3 heteroatoms. The van der Waals surface area contributed by atoms with Crippen molar-refractivity contribution in [2.75, 3.05) is 26.2 Å². The summed E-state index contributed by atoms with van der Waals surface area (Å²) in [5.41, 5.74) is 0. The van der Waals surface area contributed by atoms with Gasteiger partial charge in [-0.15, -0.1) is 12.8 Å². The lowest BCUT2D eigenvalue weighted by atomic mass is 10.2. The predicted octanol–water partition coefficient (Wildman–Crippen LogP) is -1.11. The van der Waals surface area contributed by atoms with E-state index in [2.05, 4.69) is 17.2 Å². The van der Waals surface area contributed by atoms with Crippen LogP contribution in [0.15, 0.2) is 0 Å². The van der Waals surface area contributed by atoms with Crippen molar-refractivity contribution in [3.8, 4) is 24.7 Å². The molecule has 0 spiro atoms. The number of rotatable bonds is 3. The molecule has 70 valence electrons. The first-order valence-electron chi connectivity index (χ1n) is 4.29. The minimum absolute atomic E-state index is 0.0621. The maximum Gasteiger partial charge on any atom is 0.0832 e. The van der Waals surface area contributed by atoms with Gasteiger partial charge in [0.2, 0.25) is 0 Å². The number of terminal acetylenes is 2. The van der Waals surface area contributed by atoms with Gasteiger partial charge >= 0.3 is 0 Å². The molecule has 1 fully saturated rings. The van der Waals surface area contributed by atoms with E-state index in [1.165, 1.54) is 0 Å². The fraction of sp³-hybridized carbons (Fsp3) is 0.600. The van der Waals surface area contributed by atoms with Gasteiger partial charge in [0.05, 0.1) is 25.2 Å². The molecule has 1 saturated heterocycles. The van der Waals surface area contributed by atoms with E-state index in [0.717, 1.165) is 6.54 Å². The zero-order chi connectivity index (χ0) is 9.68. The van der Waals surface area contributed by atoms with E-state index in [9.17, 15) is 5.11 Å². The highest BCUT2D eigenvalue weighted by molar-refractivity contribution is 5.00. The number of β-amino-alcohol motifs (C(OH)–C–C–N with tert-alkyl or cyclic N) is 1. The number of nitrogens with zero attached hydrogens (tertiary/aromatic N) is 1. The molecule has 0 aromatic carbocycles. The number of hydrogen-bond donors (Lipinski definition) is 2. The van der Waals surface area contributed by atoms with Crippen molar-refractivity contribution in [3.63, 3.8) is 0 Å². The Labute approximate surface area is 79.1 Å². The molecule has 0 amide bonds. The van der Waals surface area contributed by atoms with E-state index >= 15 is 0 Å². The van der Waals surface area contributed by atoms with Crippen LogP contribution >= 0.6 is 0 Å². The molecular formula is C10H14N2O. The molecule has 0 radical (unpaired) electrons. The molecule has 2 N–H and O–H groups in total. The molecule has 2 atom stereocenters. The Morgan fingerprint density at radius 1 is 1.31 bits per heavy atom. The van der Waals surface area contributed by atoms with Crippen molar-refractivity contribution in [2.24, 2.45) is 0 Å². The number of aliphatic hydroxyl groups excluding tert-OH is 1. The number of aliphatic hydroxyl groups is 1. The Balaban J connectivity index is 2.54. The molecule has 1 heterocycles. The SMILES string of the molecule is C#CCN(CC#C)[C@@H]1CNC[C@H]1O. The molecule has 1 aliphatic rings. The third kappa shape index (κ3) is 2.47. The van der Waals surface area contributed by atoms with Crippen LogP contribution in [0.25, 0.3) is 0 Å². The van der Waals surface area contributed by atoms with E-state index in [1.807, 2.05) is 4.90 Å². The summed E-state index contributed by atoms with van der Waals surface area (Å²) in [6.07, 6.45) is 10.1. The molecule has 1 rings (SSSR count). The van der Waals surface area contributed by atoms with Crippen molar-refractivity contribution >= 4 is 0 Å². The maximum absolute atomic E-state index is 9.57. The molecule has 0 aromatic rings. The van der Waals surface area contributed by atoms with Gasteiger partial charge in [-0.1, -0.05) is 11.8 Å². The van der Waals surface area contributed by atoms with Crippen molar-refractivity contribution < 1.29 is 5.11 Å². The lowest BCUT2D eigenvalue weighted by molar-refractivity contribution is 0.100. The standard InChI is InChI=1S/C10H14N2O/c1-3-5-12(6-4-2)9-7-11-8-10(9)13/h1-2,9-11,13H,5-8H2/t9-,10-/m1/s1. The maximum atomic E-state index is 9.57. The third-order valence-electron chi connectivity index (χ3n) is 2.21. The summed E-state index contributed by atoms with van der Waals surface area (Å²) in [5.74, 6) is 5.08. The highest BCUT2D eigenvalue weighted by Gasteiger charge is 2.29. The van der Waals surface area contributed by atoms with E-state index in [1.54, 1.807) is 0 Å². The summed E-state index contributed by atoms with van der Waals surface area (Å²) in [7, 11) is 0. The van der Waals surface area contributed by atoms with Gasteiger partial charge in [-0.05, 0) is 0 Å². The highest BCUT2D eigenvalue weighted by atomic mass is 16.3. The van der Waals surface area contributed by atoms with Crippen LogP contribution in [-0.2, 0) is 0 Å². The molecule has 1 aliphatic heterocycles. The van der Waals surface area contributed by atoms with Gasteiger partial charge in [0, 0.05) is 13.1 Å². The summed E-state index contributed by atoms with van der Waals surface area (Å²) < 4.78 is 0. The van der Waals surface area contributed by atoms with Gasteiger partial charge in [-0.25, -0.2) is 0 Å². The van der Waals surface area contributed by atoms with Crippen LogP contribution < -0.4 is 5.32 Å². The summed E-state index contributed by atoms with van der Waals surface area (Å²) in [5, 5.41) is 12.7. The quantitative estimate of drug-likeness (QED) is 0.538. The zero-order valence-electron chi connectivity index (χ0n) is 7.53. The Kier molecular flexibility index (Phi) is 3.79. The van der Waals surface area contributed by atoms with Crippen LogP contribution in [0.5, 0.6) is 0 Å². The molecular weight excluding hydrogens is 164 g/mol. The largest absolute Gasteiger partial charge is 0.390 e. The van der Waals surface area contributed by atoms with Crippen molar-refractivity contribution in [2.45, 2.75) is 12.1 Å². The highest BCUT2D eigenvalue weighted by Crippen LogP contribution is 2.08. The topological polar surface area (TPSA) is 35.5 Å². The van der Waals surface area contributed by atoms with Crippen molar-refractivity contribution in [3.05, 3.63) is 0 Å². The second kappa shape index (κ2) is 4.89. The second-order valence-corrected chi connectivity index (χ2v) is 3.11. The third-order valence-corrected chi connectivity index (χ3v) is 2.21. The normalized spacial score (nSPS) is 27.1. The monoisotopic (exact) mass is 178 g/mol. The first-order valence-corrected chi connectivity index (χ1v) is 4.29. The van der Waals surface area contributed by atoms with Gasteiger partial charge in [-0.2, -0.15) is 0 Å². The molecule has 0 unspecified atom stereocenters. The average molecular weight is 178 g/mol. The Bertz CT molecular complexity index is 222. The van der Waals surface area contributed by atoms with Crippen LogP contribution in [0.2, 0.25) is 0 Å². The molecule has 0 aromatic heterocycles. The number of nitrogens with one attached hydrogen (secondary N) is 1. The van der Waals surface area contributed by atoms with Crippen molar-refractivity contribution in [1.29, 1.82) is 0 Å². The summed E-state index contributed by atoms with van der Waals surface area (Å²) >= 11 is 0. The lowest BCUT2D eigenvalue weighted by Crippen LogP contribution is -2.43. The van der Waals surface area contributed by atoms with Gasteiger partial charge in [0.1, 0.15) is 0 Å². The van der Waals surface area contributed by atoms with E-state index in [0.29, 0.717) is 19.6 Å². The Hall–Kier alpha value is -1.00. The summed E-state index contributed by atoms with van der Waals surface area (Å²) in [6, 6.07) is 0.0621. The van der Waals surface area contributed by atoms with Crippen LogP contribution in [0.3, 0.4) is 0 Å². The average Bonchev–Trinajstić information content (AvgIpc) is 2.51. The second-order valence-electron chi connectivity index (χ2n) is 3.11. The van der Waals surface area contributed by atoms with Gasteiger partial charge in [0.15, 0.2) is 0 Å². The first-order chi connectivity index (χ1) is 6.29. The van der Waals surface area contributed by atoms with E-state index in [4.69, 9.17) is 12.8 Å². The smallest absolute Gasteiger partial charge is 0.0832 e. The van der Waals surface area contributed by atoms with Gasteiger partial charge in [-0.3, -0.25) is 4.90 Å². The fourth-order valence-electron chi connectivity index (χ4n) is 1.55. The fourth-order valence-corrected chi connectivity index (χ4v) is 1.55. The molecule has 0 bridgehead atoms. The van der Waals surface area contributed by atoms with Gasteiger partial charge in [0.25, 0.3) is 0 Å². The van der Waals surface area contributed by atoms with Crippen molar-refractivity contribution in [1.82, 2.24) is 10.2 Å². The van der Waals surface area contributed by atoms with Crippen LogP contribution in [-0.4, -0.2) is 48.3 Å². The Morgan fingerprint density at radius 2 is 1.92 bits per heavy atom. The lowest BCUT2D eigenvalue weighted by Gasteiger charge is -2.26. The van der Waals surface area contributed by atoms with Gasteiger partial charge < -0.3 is 10.4 Å². The minimum atomic E-state index is -0.360. The van der Waals surface area contributed by atoms with Crippen LogP contribution in [0.1, 0.15) is 0 Å². The number of hydrogen-bond acceptors (Lipinski definition) is 3. The van der Waals surface area contributed by atoms with Crippen LogP contribution in [0.4, 0.5) is 0 Å². The summed E-state index contributed by atoms with van der Waals surface area (Å²) in [6.45, 7) is 2.36. The first kappa shape index (κ1) is 10.1. The molecule has 0 aliphatic carbocycles. The zero-order valence-corrected chi connectivity index (χ0v) is 7.53. The molecule has 3 nitrogen and oxygen atoms in total.